The van der Waals surface area contributed by atoms with E-state index in [1.165, 1.54) is 0 Å². The normalized spacial score (nSPS) is 14.0. The van der Waals surface area contributed by atoms with Crippen molar-refractivity contribution in [2.75, 3.05) is 6.54 Å². The summed E-state index contributed by atoms with van der Waals surface area (Å²) in [5.74, 6) is 0. The van der Waals surface area contributed by atoms with Crippen molar-refractivity contribution in [1.82, 2.24) is 0 Å². The molecule has 9 heavy (non-hydrogen) atoms. The molecule has 1 heterocycles. The van der Waals surface area contributed by atoms with Gasteiger partial charge in [0.25, 0.3) is 0 Å². The van der Waals surface area contributed by atoms with Gasteiger partial charge in [0.15, 0.2) is 0 Å². The molecular weight excluding hydrogens is 110 g/mol. The lowest BCUT2D eigenvalue weighted by Gasteiger charge is -1.71. The van der Waals surface area contributed by atoms with Crippen LogP contribution in [0.15, 0.2) is 29.3 Å². The Morgan fingerprint density at radius 3 is 2.67 bits per heavy atom. The molecule has 0 saturated carbocycles. The minimum absolute atomic E-state index is 0.826. The Hall–Kier alpha value is -0.850. The first-order valence-corrected chi connectivity index (χ1v) is 3.32. The fraction of sp³-hybridized carbons (Fsp3) is 0.375. The number of rotatable bonds is 0. The minimum atomic E-state index is 0.826. The number of nitrogens with zero attached hydrogens (tertiary/aromatic N) is 1. The summed E-state index contributed by atoms with van der Waals surface area (Å²) in [6.45, 7) is 4.83. The highest BCUT2D eigenvalue weighted by Crippen LogP contribution is 1.81. The third-order valence-corrected chi connectivity index (χ3v) is 0.761. The van der Waals surface area contributed by atoms with Crippen LogP contribution in [-0.2, 0) is 0 Å². The van der Waals surface area contributed by atoms with Crippen LogP contribution in [0.5, 0.6) is 0 Å². The lowest BCUT2D eigenvalue weighted by Crippen LogP contribution is -1.66. The van der Waals surface area contributed by atoms with Gasteiger partial charge in [-0.3, -0.25) is 4.99 Å². The predicted octanol–water partition coefficient (Wildman–Crippen LogP) is 2.21. The maximum Gasteiger partial charge on any atom is 0.0573 e. The Kier molecular flexibility index (Phi) is 6.47. The van der Waals surface area contributed by atoms with Crippen molar-refractivity contribution >= 4 is 6.21 Å². The van der Waals surface area contributed by atoms with E-state index in [1.807, 2.05) is 38.2 Å². The Bertz CT molecular complexity index is 107. The van der Waals surface area contributed by atoms with Crippen LogP contribution < -0.4 is 0 Å². The van der Waals surface area contributed by atoms with E-state index in [1.54, 1.807) is 6.21 Å². The van der Waals surface area contributed by atoms with Crippen LogP contribution in [-0.4, -0.2) is 12.8 Å². The molecule has 50 valence electrons. The van der Waals surface area contributed by atoms with Crippen molar-refractivity contribution in [3.05, 3.63) is 24.3 Å². The molecule has 1 rings (SSSR count). The number of hydrogen-bond acceptors (Lipinski definition) is 1. The molecule has 0 unspecified atom stereocenters. The van der Waals surface area contributed by atoms with Crippen LogP contribution in [0.25, 0.3) is 0 Å². The molecule has 0 spiro atoms. The van der Waals surface area contributed by atoms with E-state index in [2.05, 4.69) is 4.99 Å². The summed E-state index contributed by atoms with van der Waals surface area (Å²) >= 11 is 0. The average molecular weight is 123 g/mol. The quantitative estimate of drug-likeness (QED) is 0.468. The molecule has 0 aromatic heterocycles. The molecule has 1 aliphatic heterocycles. The maximum absolute atomic E-state index is 3.97. The van der Waals surface area contributed by atoms with Crippen molar-refractivity contribution in [3.8, 4) is 0 Å². The van der Waals surface area contributed by atoms with Gasteiger partial charge < -0.3 is 0 Å². The second kappa shape index (κ2) is 7.15. The number of aliphatic imine (C=N–C) groups is 1. The smallest absolute Gasteiger partial charge is 0.0573 e. The summed E-state index contributed by atoms with van der Waals surface area (Å²) in [6, 6.07) is 0. The zero-order valence-electron chi connectivity index (χ0n) is 6.04. The predicted molar refractivity (Wildman–Crippen MR) is 43.0 cm³/mol. The van der Waals surface area contributed by atoms with Crippen LogP contribution in [0, 0.1) is 0 Å². The minimum Gasteiger partial charge on any atom is -0.289 e. The van der Waals surface area contributed by atoms with Gasteiger partial charge in [-0.15, -0.1) is 0 Å². The topological polar surface area (TPSA) is 12.4 Å². The maximum atomic E-state index is 3.97. The standard InChI is InChI=1S/C6H7N.C2H6/c1-2-4-6-7-5-3-1;1-2/h1-5H,6H2;1-2H3. The highest BCUT2D eigenvalue weighted by atomic mass is 14.7. The van der Waals surface area contributed by atoms with Crippen molar-refractivity contribution in [1.29, 1.82) is 0 Å². The molecule has 0 N–H and O–H groups in total. The van der Waals surface area contributed by atoms with Gasteiger partial charge in [0.05, 0.1) is 6.54 Å². The second-order valence-corrected chi connectivity index (χ2v) is 1.33. The third kappa shape index (κ3) is 5.01. The first kappa shape index (κ1) is 8.15. The Balaban J connectivity index is 0.000000291. The molecule has 1 aliphatic rings. The molecule has 1 heteroatoms. The zero-order valence-corrected chi connectivity index (χ0v) is 6.04. The monoisotopic (exact) mass is 123 g/mol. The Morgan fingerprint density at radius 1 is 1.11 bits per heavy atom. The molecule has 0 atom stereocenters. The van der Waals surface area contributed by atoms with E-state index < -0.39 is 0 Å². The van der Waals surface area contributed by atoms with Crippen LogP contribution in [0.1, 0.15) is 13.8 Å². The molecule has 0 saturated heterocycles. The summed E-state index contributed by atoms with van der Waals surface area (Å²) in [5, 5.41) is 0. The molecule has 0 bridgehead atoms. The van der Waals surface area contributed by atoms with Gasteiger partial charge in [0.1, 0.15) is 0 Å². The van der Waals surface area contributed by atoms with E-state index >= 15 is 0 Å². The van der Waals surface area contributed by atoms with Gasteiger partial charge in [-0.05, 0) is 6.08 Å². The molecule has 0 fully saturated rings. The summed E-state index contributed by atoms with van der Waals surface area (Å²) in [4.78, 5) is 3.97. The largest absolute Gasteiger partial charge is 0.289 e. The molecule has 0 aromatic rings. The van der Waals surface area contributed by atoms with Crippen molar-refractivity contribution in [2.45, 2.75) is 13.8 Å². The fourth-order valence-electron chi connectivity index (χ4n) is 0.436. The fourth-order valence-corrected chi connectivity index (χ4v) is 0.436. The van der Waals surface area contributed by atoms with Crippen LogP contribution in [0.3, 0.4) is 0 Å². The van der Waals surface area contributed by atoms with Crippen LogP contribution in [0.2, 0.25) is 0 Å². The van der Waals surface area contributed by atoms with Gasteiger partial charge in [-0.25, -0.2) is 0 Å². The number of allylic oxidation sites excluding steroid dienone is 3. The van der Waals surface area contributed by atoms with Gasteiger partial charge in [0, 0.05) is 6.21 Å². The average Bonchev–Trinajstić information content (AvgIpc) is 2.21. The zero-order chi connectivity index (χ0) is 6.95. The van der Waals surface area contributed by atoms with E-state index in [-0.39, 0.29) is 0 Å². The summed E-state index contributed by atoms with van der Waals surface area (Å²) in [5.41, 5.74) is 0. The van der Waals surface area contributed by atoms with Crippen molar-refractivity contribution in [3.63, 3.8) is 0 Å². The molecule has 0 aliphatic carbocycles. The molecule has 0 aromatic carbocycles. The van der Waals surface area contributed by atoms with Crippen molar-refractivity contribution < 1.29 is 0 Å². The Morgan fingerprint density at radius 2 is 1.89 bits per heavy atom. The molecule has 1 nitrogen and oxygen atoms in total. The van der Waals surface area contributed by atoms with E-state index in [0.29, 0.717) is 0 Å². The molecule has 0 amide bonds. The van der Waals surface area contributed by atoms with Gasteiger partial charge in [-0.2, -0.15) is 0 Å². The first-order chi connectivity index (χ1) is 4.50. The number of hydrogen-bond donors (Lipinski definition) is 0. The lowest BCUT2D eigenvalue weighted by atomic mass is 10.5. The summed E-state index contributed by atoms with van der Waals surface area (Å²) in [7, 11) is 0. The lowest BCUT2D eigenvalue weighted by molar-refractivity contribution is 1.27. The Labute approximate surface area is 56.8 Å². The third-order valence-electron chi connectivity index (χ3n) is 0.761. The van der Waals surface area contributed by atoms with Gasteiger partial charge in [-0.1, -0.05) is 32.1 Å². The molecule has 0 radical (unpaired) electrons. The SMILES string of the molecule is C1=CC=NCC=C1.CC. The van der Waals surface area contributed by atoms with Crippen LogP contribution >= 0.6 is 0 Å². The highest BCUT2D eigenvalue weighted by Gasteiger charge is 1.70. The summed E-state index contributed by atoms with van der Waals surface area (Å²) < 4.78 is 0. The first-order valence-electron chi connectivity index (χ1n) is 3.32. The van der Waals surface area contributed by atoms with Gasteiger partial charge in [0.2, 0.25) is 0 Å². The van der Waals surface area contributed by atoms with E-state index in [9.17, 15) is 0 Å². The highest BCUT2D eigenvalue weighted by molar-refractivity contribution is 5.72. The molecular formula is C8H13N. The van der Waals surface area contributed by atoms with Gasteiger partial charge >= 0.3 is 0 Å². The van der Waals surface area contributed by atoms with Crippen molar-refractivity contribution in [2.24, 2.45) is 4.99 Å². The van der Waals surface area contributed by atoms with E-state index in [4.69, 9.17) is 0 Å². The van der Waals surface area contributed by atoms with Crippen LogP contribution in [0.4, 0.5) is 0 Å². The summed E-state index contributed by atoms with van der Waals surface area (Å²) in [6.07, 6.45) is 9.70. The second-order valence-electron chi connectivity index (χ2n) is 1.33. The van der Waals surface area contributed by atoms with E-state index in [0.717, 1.165) is 6.54 Å².